The molecule has 0 aliphatic carbocycles. The second kappa shape index (κ2) is 7.13. The predicted octanol–water partition coefficient (Wildman–Crippen LogP) is 3.18. The third kappa shape index (κ3) is 4.65. The van der Waals surface area contributed by atoms with Crippen molar-refractivity contribution in [3.05, 3.63) is 58.6 Å². The summed E-state index contributed by atoms with van der Waals surface area (Å²) in [6.45, 7) is -0.139. The Bertz CT molecular complexity index is 999. The Labute approximate surface area is 147 Å². The zero-order chi connectivity index (χ0) is 19.6. The van der Waals surface area contributed by atoms with E-state index in [-0.39, 0.29) is 23.7 Å². The van der Waals surface area contributed by atoms with Crippen molar-refractivity contribution in [2.45, 2.75) is 19.3 Å². The summed E-state index contributed by atoms with van der Waals surface area (Å²) in [4.78, 5) is 16.0. The minimum atomic E-state index is -4.85. The lowest BCUT2D eigenvalue weighted by molar-refractivity contribution is -0.274. The minimum absolute atomic E-state index is 0.123. The van der Waals surface area contributed by atoms with E-state index in [0.717, 1.165) is 29.0 Å². The van der Waals surface area contributed by atoms with Crippen molar-refractivity contribution in [1.82, 2.24) is 19.7 Å². The summed E-state index contributed by atoms with van der Waals surface area (Å²) in [5.41, 5.74) is -0.310. The molecule has 0 saturated heterocycles. The summed E-state index contributed by atoms with van der Waals surface area (Å²) in [7, 11) is 0. The van der Waals surface area contributed by atoms with Gasteiger partial charge in [0.2, 0.25) is 5.89 Å². The lowest BCUT2D eigenvalue weighted by Crippen LogP contribution is -2.20. The Morgan fingerprint density at radius 1 is 1.19 bits per heavy atom. The molecule has 3 aromatic rings. The molecule has 0 aliphatic rings. The molecule has 0 radical (unpaired) electrons. The molecule has 0 spiro atoms. The van der Waals surface area contributed by atoms with Gasteiger partial charge in [-0.05, 0) is 12.1 Å². The zero-order valence-electron chi connectivity index (χ0n) is 13.2. The Balaban J connectivity index is 1.80. The third-order valence-corrected chi connectivity index (χ3v) is 3.22. The Morgan fingerprint density at radius 2 is 1.96 bits per heavy atom. The van der Waals surface area contributed by atoms with Crippen LogP contribution in [0.1, 0.15) is 18.0 Å². The van der Waals surface area contributed by atoms with Gasteiger partial charge < -0.3 is 13.7 Å². The fourth-order valence-electron chi connectivity index (χ4n) is 2.13. The van der Waals surface area contributed by atoms with Crippen molar-refractivity contribution >= 4 is 0 Å². The van der Waals surface area contributed by atoms with E-state index in [1.165, 1.54) is 12.3 Å². The lowest BCUT2D eigenvalue weighted by atomic mass is 10.2. The van der Waals surface area contributed by atoms with E-state index >= 15 is 0 Å². The smallest absolute Gasteiger partial charge is 0.415 e. The van der Waals surface area contributed by atoms with E-state index in [2.05, 4.69) is 19.9 Å². The second-order valence-electron chi connectivity index (χ2n) is 5.16. The average molecular weight is 388 g/mol. The van der Waals surface area contributed by atoms with Gasteiger partial charge >= 0.3 is 12.8 Å². The first-order valence-electron chi connectivity index (χ1n) is 7.24. The number of alkyl halides is 5. The molecule has 3 rings (SSSR count). The molecule has 7 nitrogen and oxygen atoms in total. The summed E-state index contributed by atoms with van der Waals surface area (Å²) in [5.74, 6) is -1.60. The molecule has 0 unspecified atom stereocenters. The fourth-order valence-corrected chi connectivity index (χ4v) is 2.13. The Kier molecular flexibility index (Phi) is 4.88. The largest absolute Gasteiger partial charge is 0.573 e. The van der Waals surface area contributed by atoms with Crippen molar-refractivity contribution in [1.29, 1.82) is 0 Å². The van der Waals surface area contributed by atoms with Gasteiger partial charge in [0.25, 0.3) is 11.4 Å². The third-order valence-electron chi connectivity index (χ3n) is 3.22. The zero-order valence-corrected chi connectivity index (χ0v) is 13.2. The van der Waals surface area contributed by atoms with Gasteiger partial charge in [0, 0.05) is 30.1 Å². The van der Waals surface area contributed by atoms with E-state index in [1.54, 1.807) is 0 Å². The number of aromatic nitrogens is 4. The Morgan fingerprint density at radius 3 is 2.59 bits per heavy atom. The first-order chi connectivity index (χ1) is 12.7. The van der Waals surface area contributed by atoms with Crippen LogP contribution < -0.4 is 10.3 Å². The summed E-state index contributed by atoms with van der Waals surface area (Å²) in [5, 5.41) is 6.59. The van der Waals surface area contributed by atoms with Crippen molar-refractivity contribution < 1.29 is 31.1 Å². The summed E-state index contributed by atoms with van der Waals surface area (Å²) in [6, 6.07) is 4.50. The normalized spacial score (nSPS) is 11.8. The van der Waals surface area contributed by atoms with E-state index in [4.69, 9.17) is 4.42 Å². The van der Waals surface area contributed by atoms with Gasteiger partial charge in [0.05, 0.1) is 12.2 Å². The first kappa shape index (κ1) is 18.5. The summed E-state index contributed by atoms with van der Waals surface area (Å²) < 4.78 is 71.4. The number of nitrogens with zero attached hydrogens (tertiary/aromatic N) is 4. The lowest BCUT2D eigenvalue weighted by Gasteiger charge is -2.10. The van der Waals surface area contributed by atoms with Crippen LogP contribution in [0.4, 0.5) is 22.0 Å². The minimum Gasteiger partial charge on any atom is -0.415 e. The fraction of sp³-hybridized carbons (Fsp3) is 0.200. The van der Waals surface area contributed by atoms with Crippen LogP contribution in [0.25, 0.3) is 11.5 Å². The van der Waals surface area contributed by atoms with Gasteiger partial charge in [0.15, 0.2) is 0 Å². The second-order valence-corrected chi connectivity index (χ2v) is 5.16. The van der Waals surface area contributed by atoms with Crippen molar-refractivity contribution in [3.8, 4) is 17.2 Å². The van der Waals surface area contributed by atoms with Gasteiger partial charge in [-0.3, -0.25) is 9.78 Å². The van der Waals surface area contributed by atoms with Crippen LogP contribution in [0.15, 0.2) is 45.9 Å². The van der Waals surface area contributed by atoms with Crippen molar-refractivity contribution in [2.24, 2.45) is 0 Å². The van der Waals surface area contributed by atoms with Gasteiger partial charge in [0.1, 0.15) is 5.75 Å². The maximum absolute atomic E-state index is 12.5. The molecule has 3 aromatic heterocycles. The van der Waals surface area contributed by atoms with Gasteiger partial charge in [-0.15, -0.1) is 23.4 Å². The maximum atomic E-state index is 12.5. The van der Waals surface area contributed by atoms with Crippen LogP contribution in [-0.4, -0.2) is 26.1 Å². The Hall–Kier alpha value is -3.31. The number of pyridine rings is 2. The van der Waals surface area contributed by atoms with Crippen LogP contribution in [0, 0.1) is 0 Å². The molecule has 27 heavy (non-hydrogen) atoms. The molecular weight excluding hydrogens is 379 g/mol. The average Bonchev–Trinajstić information content (AvgIpc) is 3.06. The van der Waals surface area contributed by atoms with E-state index in [0.29, 0.717) is 0 Å². The van der Waals surface area contributed by atoms with Gasteiger partial charge in [-0.1, -0.05) is 0 Å². The van der Waals surface area contributed by atoms with Crippen LogP contribution in [0.5, 0.6) is 5.75 Å². The van der Waals surface area contributed by atoms with Crippen molar-refractivity contribution in [3.63, 3.8) is 0 Å². The molecule has 12 heteroatoms. The SMILES string of the molecule is O=c1cc(-c2nnc(C(F)F)o2)ccn1Cc1cc(OC(F)(F)F)ccn1. The molecule has 0 N–H and O–H groups in total. The number of rotatable bonds is 5. The number of halogens is 5. The summed E-state index contributed by atoms with van der Waals surface area (Å²) in [6.07, 6.45) is -5.38. The molecule has 0 saturated carbocycles. The highest BCUT2D eigenvalue weighted by atomic mass is 19.4. The predicted molar refractivity (Wildman–Crippen MR) is 79.0 cm³/mol. The topological polar surface area (TPSA) is 83.0 Å². The molecular formula is C15H9F5N4O3. The summed E-state index contributed by atoms with van der Waals surface area (Å²) >= 11 is 0. The van der Waals surface area contributed by atoms with E-state index < -0.39 is 30.0 Å². The monoisotopic (exact) mass is 388 g/mol. The quantitative estimate of drug-likeness (QED) is 0.625. The molecule has 0 atom stereocenters. The molecule has 142 valence electrons. The van der Waals surface area contributed by atoms with Gasteiger partial charge in [-0.25, -0.2) is 0 Å². The molecule has 0 amide bonds. The number of hydrogen-bond donors (Lipinski definition) is 0. The first-order valence-corrected chi connectivity index (χ1v) is 7.24. The highest BCUT2D eigenvalue weighted by molar-refractivity contribution is 5.51. The molecule has 3 heterocycles. The maximum Gasteiger partial charge on any atom is 0.573 e. The number of hydrogen-bond acceptors (Lipinski definition) is 6. The van der Waals surface area contributed by atoms with Crippen LogP contribution in [-0.2, 0) is 6.54 Å². The number of ether oxygens (including phenoxy) is 1. The van der Waals surface area contributed by atoms with Crippen LogP contribution in [0.3, 0.4) is 0 Å². The highest BCUT2D eigenvalue weighted by Gasteiger charge is 2.31. The molecule has 0 fully saturated rings. The van der Waals surface area contributed by atoms with Gasteiger partial charge in [-0.2, -0.15) is 8.78 Å². The molecule has 0 aliphatic heterocycles. The molecule has 0 aromatic carbocycles. The highest BCUT2D eigenvalue weighted by Crippen LogP contribution is 2.23. The van der Waals surface area contributed by atoms with E-state index in [9.17, 15) is 26.7 Å². The standard InChI is InChI=1S/C15H9F5N4O3/c16-12(17)14-23-22-13(26-14)8-2-4-24(11(25)5-8)7-9-6-10(1-3-21-9)27-15(18,19)20/h1-6,12H,7H2. The van der Waals surface area contributed by atoms with E-state index in [1.807, 2.05) is 0 Å². The van der Waals surface area contributed by atoms with Crippen LogP contribution in [0.2, 0.25) is 0 Å². The molecule has 0 bridgehead atoms. The van der Waals surface area contributed by atoms with Crippen LogP contribution >= 0.6 is 0 Å². The van der Waals surface area contributed by atoms with Crippen molar-refractivity contribution in [2.75, 3.05) is 0 Å².